The first-order valence-electron chi connectivity index (χ1n) is 7.80. The van der Waals surface area contributed by atoms with Crippen molar-refractivity contribution in [3.05, 3.63) is 59.8 Å². The number of hydrazone groups is 1. The minimum atomic E-state index is -0.192. The third-order valence-electron chi connectivity index (χ3n) is 3.86. The highest BCUT2D eigenvalue weighted by molar-refractivity contribution is 5.90. The van der Waals surface area contributed by atoms with Gasteiger partial charge in [0.05, 0.1) is 26.9 Å². The van der Waals surface area contributed by atoms with E-state index in [0.717, 1.165) is 16.5 Å². The van der Waals surface area contributed by atoms with Gasteiger partial charge in [0.2, 0.25) is 5.91 Å². The van der Waals surface area contributed by atoms with Gasteiger partial charge in [-0.1, -0.05) is 18.2 Å². The molecule has 0 atom stereocenters. The fourth-order valence-corrected chi connectivity index (χ4v) is 2.60. The molecule has 25 heavy (non-hydrogen) atoms. The van der Waals surface area contributed by atoms with Crippen LogP contribution in [0, 0.1) is 0 Å². The van der Waals surface area contributed by atoms with Crippen LogP contribution in [0.15, 0.2) is 53.8 Å². The Labute approximate surface area is 145 Å². The third kappa shape index (κ3) is 3.80. The maximum absolute atomic E-state index is 12.1. The molecular weight excluding hydrogens is 318 g/mol. The van der Waals surface area contributed by atoms with E-state index < -0.39 is 0 Å². The molecule has 0 saturated heterocycles. The number of nitrogens with zero attached hydrogens (tertiary/aromatic N) is 1. The lowest BCUT2D eigenvalue weighted by atomic mass is 10.1. The number of rotatable bonds is 6. The average molecular weight is 337 g/mol. The maximum atomic E-state index is 12.1. The van der Waals surface area contributed by atoms with Crippen LogP contribution in [-0.4, -0.2) is 31.3 Å². The van der Waals surface area contributed by atoms with Gasteiger partial charge in [-0.2, -0.15) is 5.10 Å². The Hall–Kier alpha value is -3.28. The molecule has 0 radical (unpaired) electrons. The Morgan fingerprint density at radius 2 is 2.04 bits per heavy atom. The van der Waals surface area contributed by atoms with E-state index in [4.69, 9.17) is 9.47 Å². The van der Waals surface area contributed by atoms with Crippen LogP contribution in [0.4, 0.5) is 0 Å². The number of nitrogens with one attached hydrogen (secondary N) is 2. The number of amides is 1. The summed E-state index contributed by atoms with van der Waals surface area (Å²) in [5.41, 5.74) is 5.20. The molecule has 0 bridgehead atoms. The zero-order valence-electron chi connectivity index (χ0n) is 14.1. The largest absolute Gasteiger partial charge is 0.497 e. The highest BCUT2D eigenvalue weighted by Gasteiger charge is 2.08. The molecule has 1 aromatic heterocycles. The monoisotopic (exact) mass is 337 g/mol. The van der Waals surface area contributed by atoms with E-state index in [9.17, 15) is 4.79 Å². The Balaban J connectivity index is 1.67. The molecule has 0 unspecified atom stereocenters. The second kappa shape index (κ2) is 7.53. The predicted octanol–water partition coefficient (Wildman–Crippen LogP) is 2.88. The second-order valence-electron chi connectivity index (χ2n) is 5.44. The van der Waals surface area contributed by atoms with Gasteiger partial charge in [-0.25, -0.2) is 5.43 Å². The molecular formula is C19H19N3O3. The molecule has 128 valence electrons. The van der Waals surface area contributed by atoms with Gasteiger partial charge in [-0.15, -0.1) is 0 Å². The number of carbonyl (C=O) groups excluding carboxylic acids is 1. The summed E-state index contributed by atoms with van der Waals surface area (Å²) in [7, 11) is 3.17. The number of ether oxygens (including phenoxy) is 2. The van der Waals surface area contributed by atoms with E-state index in [0.29, 0.717) is 17.1 Å². The molecule has 0 aliphatic heterocycles. The highest BCUT2D eigenvalue weighted by Crippen LogP contribution is 2.22. The van der Waals surface area contributed by atoms with E-state index in [1.54, 1.807) is 32.4 Å². The SMILES string of the molecule is COc1ccc(OC)c(C=NNC(=O)Cc2c[nH]c3ccccc23)c1. The summed E-state index contributed by atoms with van der Waals surface area (Å²) in [6.07, 6.45) is 3.63. The smallest absolute Gasteiger partial charge is 0.244 e. The summed E-state index contributed by atoms with van der Waals surface area (Å²) in [6.45, 7) is 0. The molecule has 0 fully saturated rings. The number of carbonyl (C=O) groups is 1. The first kappa shape index (κ1) is 16.6. The number of methoxy groups -OCH3 is 2. The summed E-state index contributed by atoms with van der Waals surface area (Å²) in [5, 5.41) is 5.05. The number of H-pyrrole nitrogens is 1. The Morgan fingerprint density at radius 1 is 1.20 bits per heavy atom. The van der Waals surface area contributed by atoms with Crippen molar-refractivity contribution < 1.29 is 14.3 Å². The van der Waals surface area contributed by atoms with Crippen molar-refractivity contribution >= 4 is 23.0 Å². The van der Waals surface area contributed by atoms with E-state index in [2.05, 4.69) is 15.5 Å². The fraction of sp³-hybridized carbons (Fsp3) is 0.158. The van der Waals surface area contributed by atoms with E-state index >= 15 is 0 Å². The van der Waals surface area contributed by atoms with Gasteiger partial charge in [0, 0.05) is 22.7 Å². The Morgan fingerprint density at radius 3 is 2.84 bits per heavy atom. The van der Waals surface area contributed by atoms with Gasteiger partial charge in [-0.05, 0) is 29.8 Å². The normalized spacial score (nSPS) is 11.0. The molecule has 3 rings (SSSR count). The number of aromatic nitrogens is 1. The van der Waals surface area contributed by atoms with Crippen molar-refractivity contribution in [2.75, 3.05) is 14.2 Å². The molecule has 0 saturated carbocycles. The molecule has 0 aliphatic rings. The van der Waals surface area contributed by atoms with Crippen molar-refractivity contribution in [1.82, 2.24) is 10.4 Å². The number of aromatic amines is 1. The fourth-order valence-electron chi connectivity index (χ4n) is 2.60. The molecule has 3 aromatic rings. The Bertz CT molecular complexity index is 915. The van der Waals surface area contributed by atoms with Gasteiger partial charge < -0.3 is 14.5 Å². The van der Waals surface area contributed by atoms with E-state index in [1.165, 1.54) is 6.21 Å². The number of benzene rings is 2. The number of fused-ring (bicyclic) bond motifs is 1. The maximum Gasteiger partial charge on any atom is 0.244 e. The van der Waals surface area contributed by atoms with Crippen LogP contribution < -0.4 is 14.9 Å². The third-order valence-corrected chi connectivity index (χ3v) is 3.86. The first-order valence-corrected chi connectivity index (χ1v) is 7.80. The first-order chi connectivity index (χ1) is 12.2. The van der Waals surface area contributed by atoms with Crippen LogP contribution in [0.1, 0.15) is 11.1 Å². The Kier molecular flexibility index (Phi) is 4.99. The summed E-state index contributed by atoms with van der Waals surface area (Å²) in [4.78, 5) is 15.3. The van der Waals surface area contributed by atoms with Crippen LogP contribution in [-0.2, 0) is 11.2 Å². The molecule has 1 amide bonds. The van der Waals surface area contributed by atoms with E-state index in [-0.39, 0.29) is 12.3 Å². The zero-order chi connectivity index (χ0) is 17.6. The van der Waals surface area contributed by atoms with Gasteiger partial charge in [-0.3, -0.25) is 4.79 Å². The lowest BCUT2D eigenvalue weighted by Gasteiger charge is -2.06. The van der Waals surface area contributed by atoms with Gasteiger partial charge in [0.1, 0.15) is 11.5 Å². The van der Waals surface area contributed by atoms with Crippen molar-refractivity contribution in [2.45, 2.75) is 6.42 Å². The summed E-state index contributed by atoms with van der Waals surface area (Å²) >= 11 is 0. The summed E-state index contributed by atoms with van der Waals surface area (Å²) < 4.78 is 10.5. The van der Waals surface area contributed by atoms with Crippen LogP contribution >= 0.6 is 0 Å². The number of para-hydroxylation sites is 1. The van der Waals surface area contributed by atoms with Crippen molar-refractivity contribution in [3.63, 3.8) is 0 Å². The molecule has 1 heterocycles. The lowest BCUT2D eigenvalue weighted by Crippen LogP contribution is -2.19. The molecule has 6 heteroatoms. The minimum Gasteiger partial charge on any atom is -0.497 e. The number of hydrogen-bond donors (Lipinski definition) is 2. The summed E-state index contributed by atoms with van der Waals surface area (Å²) in [5.74, 6) is 1.14. The van der Waals surface area contributed by atoms with E-state index in [1.807, 2.05) is 30.5 Å². The molecule has 0 spiro atoms. The van der Waals surface area contributed by atoms with Crippen LogP contribution in [0.2, 0.25) is 0 Å². The molecule has 2 aromatic carbocycles. The molecule has 6 nitrogen and oxygen atoms in total. The van der Waals surface area contributed by atoms with Crippen molar-refractivity contribution in [1.29, 1.82) is 0 Å². The zero-order valence-corrected chi connectivity index (χ0v) is 14.1. The quantitative estimate of drug-likeness (QED) is 0.536. The van der Waals surface area contributed by atoms with Gasteiger partial charge in [0.15, 0.2) is 0 Å². The van der Waals surface area contributed by atoms with Crippen LogP contribution in [0.25, 0.3) is 10.9 Å². The predicted molar refractivity (Wildman–Crippen MR) is 97.3 cm³/mol. The molecule has 2 N–H and O–H groups in total. The van der Waals surface area contributed by atoms with Gasteiger partial charge >= 0.3 is 0 Å². The van der Waals surface area contributed by atoms with Crippen LogP contribution in [0.3, 0.4) is 0 Å². The average Bonchev–Trinajstić information content (AvgIpc) is 3.04. The highest BCUT2D eigenvalue weighted by atomic mass is 16.5. The molecule has 0 aliphatic carbocycles. The van der Waals surface area contributed by atoms with Crippen LogP contribution in [0.5, 0.6) is 11.5 Å². The summed E-state index contributed by atoms with van der Waals surface area (Å²) in [6, 6.07) is 13.2. The standard InChI is InChI=1S/C19H19N3O3/c1-24-15-7-8-18(25-2)14(9-15)12-21-22-19(23)10-13-11-20-17-6-4-3-5-16(13)17/h3-9,11-12,20H,10H2,1-2H3,(H,22,23). The van der Waals surface area contributed by atoms with Gasteiger partial charge in [0.25, 0.3) is 0 Å². The number of hydrogen-bond acceptors (Lipinski definition) is 4. The second-order valence-corrected chi connectivity index (χ2v) is 5.44. The minimum absolute atomic E-state index is 0.192. The topological polar surface area (TPSA) is 75.7 Å². The lowest BCUT2D eigenvalue weighted by molar-refractivity contribution is -0.120. The van der Waals surface area contributed by atoms with Crippen molar-refractivity contribution in [3.8, 4) is 11.5 Å². The van der Waals surface area contributed by atoms with Crippen molar-refractivity contribution in [2.24, 2.45) is 5.10 Å².